The van der Waals surface area contributed by atoms with Crippen LogP contribution >= 0.6 is 0 Å². The summed E-state index contributed by atoms with van der Waals surface area (Å²) >= 11 is 0. The molecular formula is C12H17NO2. The normalized spacial score (nSPS) is 15.4. The number of hydrogen-bond acceptors (Lipinski definition) is 3. The fraction of sp³-hybridized carbons (Fsp3) is 0.500. The van der Waals surface area contributed by atoms with Crippen LogP contribution in [-0.2, 0) is 6.42 Å². The highest BCUT2D eigenvalue weighted by molar-refractivity contribution is 5.51. The van der Waals surface area contributed by atoms with Gasteiger partial charge in [-0.05, 0) is 44.5 Å². The largest absolute Gasteiger partial charge is 0.454 e. The molecule has 0 spiro atoms. The summed E-state index contributed by atoms with van der Waals surface area (Å²) in [6.07, 6.45) is 1.01. The van der Waals surface area contributed by atoms with Crippen molar-refractivity contribution in [1.82, 2.24) is 5.32 Å². The topological polar surface area (TPSA) is 30.5 Å². The van der Waals surface area contributed by atoms with Gasteiger partial charge in [0.2, 0.25) is 6.79 Å². The molecule has 3 heteroatoms. The van der Waals surface area contributed by atoms with Gasteiger partial charge in [-0.3, -0.25) is 0 Å². The molecule has 0 amide bonds. The van der Waals surface area contributed by atoms with E-state index in [4.69, 9.17) is 9.47 Å². The SMILES string of the molecule is CNC(C)Cc1ccc2c(c1C)OCO2. The lowest BCUT2D eigenvalue weighted by Crippen LogP contribution is -2.23. The minimum Gasteiger partial charge on any atom is -0.454 e. The monoisotopic (exact) mass is 207 g/mol. The van der Waals surface area contributed by atoms with Gasteiger partial charge in [0, 0.05) is 6.04 Å². The third-order valence-corrected chi connectivity index (χ3v) is 2.92. The van der Waals surface area contributed by atoms with Crippen molar-refractivity contribution in [1.29, 1.82) is 0 Å². The average Bonchev–Trinajstić information content (AvgIpc) is 2.70. The Morgan fingerprint density at radius 1 is 1.40 bits per heavy atom. The average molecular weight is 207 g/mol. The lowest BCUT2D eigenvalue weighted by Gasteiger charge is -2.13. The number of nitrogens with one attached hydrogen (secondary N) is 1. The molecule has 15 heavy (non-hydrogen) atoms. The number of rotatable bonds is 3. The third-order valence-electron chi connectivity index (χ3n) is 2.92. The molecule has 0 radical (unpaired) electrons. The van der Waals surface area contributed by atoms with Gasteiger partial charge in [-0.2, -0.15) is 0 Å². The smallest absolute Gasteiger partial charge is 0.231 e. The van der Waals surface area contributed by atoms with E-state index in [2.05, 4.69) is 25.2 Å². The van der Waals surface area contributed by atoms with E-state index in [0.717, 1.165) is 17.9 Å². The summed E-state index contributed by atoms with van der Waals surface area (Å²) in [5.41, 5.74) is 2.52. The maximum absolute atomic E-state index is 5.44. The number of benzene rings is 1. The Hall–Kier alpha value is -1.22. The first-order chi connectivity index (χ1) is 7.22. The van der Waals surface area contributed by atoms with Crippen LogP contribution in [0.1, 0.15) is 18.1 Å². The Kier molecular flexibility index (Phi) is 2.82. The Labute approximate surface area is 90.4 Å². The minimum absolute atomic E-state index is 0.348. The van der Waals surface area contributed by atoms with Gasteiger partial charge in [0.05, 0.1) is 0 Å². The van der Waals surface area contributed by atoms with E-state index in [0.29, 0.717) is 12.8 Å². The molecule has 1 aliphatic rings. The molecule has 0 saturated carbocycles. The first-order valence-corrected chi connectivity index (χ1v) is 5.27. The molecule has 0 aliphatic carbocycles. The molecule has 1 atom stereocenters. The Morgan fingerprint density at radius 2 is 2.20 bits per heavy atom. The van der Waals surface area contributed by atoms with Crippen molar-refractivity contribution in [2.75, 3.05) is 13.8 Å². The van der Waals surface area contributed by atoms with Crippen molar-refractivity contribution in [2.45, 2.75) is 26.3 Å². The van der Waals surface area contributed by atoms with Gasteiger partial charge in [-0.15, -0.1) is 0 Å². The maximum Gasteiger partial charge on any atom is 0.231 e. The zero-order valence-electron chi connectivity index (χ0n) is 9.46. The second kappa shape index (κ2) is 4.11. The van der Waals surface area contributed by atoms with E-state index in [1.807, 2.05) is 13.1 Å². The second-order valence-electron chi connectivity index (χ2n) is 3.98. The predicted molar refractivity (Wildman–Crippen MR) is 59.5 cm³/mol. The summed E-state index contributed by atoms with van der Waals surface area (Å²) in [7, 11) is 1.98. The molecule has 1 aliphatic heterocycles. The van der Waals surface area contributed by atoms with Gasteiger partial charge in [0.1, 0.15) is 0 Å². The Balaban J connectivity index is 2.26. The van der Waals surface area contributed by atoms with Gasteiger partial charge in [-0.25, -0.2) is 0 Å². The van der Waals surface area contributed by atoms with Crippen LogP contribution in [0, 0.1) is 6.92 Å². The predicted octanol–water partition coefficient (Wildman–Crippen LogP) is 1.87. The molecule has 1 aromatic carbocycles. The van der Waals surface area contributed by atoms with Gasteiger partial charge in [-0.1, -0.05) is 6.07 Å². The first-order valence-electron chi connectivity index (χ1n) is 5.27. The van der Waals surface area contributed by atoms with E-state index in [9.17, 15) is 0 Å². The lowest BCUT2D eigenvalue weighted by molar-refractivity contribution is 0.173. The molecule has 0 bridgehead atoms. The fourth-order valence-electron chi connectivity index (χ4n) is 1.81. The fourth-order valence-corrected chi connectivity index (χ4v) is 1.81. The molecule has 1 heterocycles. The van der Waals surface area contributed by atoms with E-state index in [-0.39, 0.29) is 0 Å². The highest BCUT2D eigenvalue weighted by Gasteiger charge is 2.18. The van der Waals surface area contributed by atoms with Crippen LogP contribution in [0.5, 0.6) is 11.5 Å². The third kappa shape index (κ3) is 1.92. The quantitative estimate of drug-likeness (QED) is 0.820. The van der Waals surface area contributed by atoms with E-state index in [1.54, 1.807) is 0 Å². The molecule has 1 N–H and O–H groups in total. The molecule has 1 aromatic rings. The molecule has 0 fully saturated rings. The summed E-state index contributed by atoms with van der Waals surface area (Å²) in [6.45, 7) is 4.61. The van der Waals surface area contributed by atoms with Crippen molar-refractivity contribution in [3.8, 4) is 11.5 Å². The van der Waals surface area contributed by atoms with Crippen LogP contribution in [0.15, 0.2) is 12.1 Å². The van der Waals surface area contributed by atoms with Crippen LogP contribution < -0.4 is 14.8 Å². The van der Waals surface area contributed by atoms with E-state index < -0.39 is 0 Å². The minimum atomic E-state index is 0.348. The molecule has 3 nitrogen and oxygen atoms in total. The summed E-state index contributed by atoms with van der Waals surface area (Å²) in [5, 5.41) is 3.24. The molecule has 82 valence electrons. The molecule has 2 rings (SSSR count). The van der Waals surface area contributed by atoms with Gasteiger partial charge >= 0.3 is 0 Å². The highest BCUT2D eigenvalue weighted by atomic mass is 16.7. The number of fused-ring (bicyclic) bond motifs is 1. The molecule has 0 saturated heterocycles. The summed E-state index contributed by atoms with van der Waals surface area (Å²) in [4.78, 5) is 0. The highest BCUT2D eigenvalue weighted by Crippen LogP contribution is 2.37. The number of hydrogen-bond donors (Lipinski definition) is 1. The zero-order chi connectivity index (χ0) is 10.8. The number of likely N-dealkylation sites (N-methyl/N-ethyl adjacent to an activating group) is 1. The van der Waals surface area contributed by atoms with Crippen LogP contribution in [0.25, 0.3) is 0 Å². The summed E-state index contributed by atoms with van der Waals surface area (Å²) < 4.78 is 10.8. The Bertz CT molecular complexity index is 363. The summed E-state index contributed by atoms with van der Waals surface area (Å²) in [6, 6.07) is 4.59. The molecule has 1 unspecified atom stereocenters. The number of ether oxygens (including phenoxy) is 2. The van der Waals surface area contributed by atoms with Crippen LogP contribution in [0.2, 0.25) is 0 Å². The maximum atomic E-state index is 5.44. The zero-order valence-corrected chi connectivity index (χ0v) is 9.46. The lowest BCUT2D eigenvalue weighted by atomic mass is 10.0. The van der Waals surface area contributed by atoms with Gasteiger partial charge in [0.15, 0.2) is 11.5 Å². The van der Waals surface area contributed by atoms with Crippen molar-refractivity contribution >= 4 is 0 Å². The van der Waals surface area contributed by atoms with Crippen LogP contribution in [0.4, 0.5) is 0 Å². The van der Waals surface area contributed by atoms with Crippen molar-refractivity contribution in [2.24, 2.45) is 0 Å². The second-order valence-corrected chi connectivity index (χ2v) is 3.98. The standard InChI is InChI=1S/C12H17NO2/c1-8(13-3)6-10-4-5-11-12(9(10)2)15-7-14-11/h4-5,8,13H,6-7H2,1-3H3. The molecular weight excluding hydrogens is 190 g/mol. The molecule has 0 aromatic heterocycles. The van der Waals surface area contributed by atoms with Crippen molar-refractivity contribution < 1.29 is 9.47 Å². The van der Waals surface area contributed by atoms with Crippen molar-refractivity contribution in [3.05, 3.63) is 23.3 Å². The van der Waals surface area contributed by atoms with Gasteiger partial charge in [0.25, 0.3) is 0 Å². The van der Waals surface area contributed by atoms with Crippen molar-refractivity contribution in [3.63, 3.8) is 0 Å². The van der Waals surface area contributed by atoms with Gasteiger partial charge < -0.3 is 14.8 Å². The van der Waals surface area contributed by atoms with Crippen LogP contribution in [-0.4, -0.2) is 19.9 Å². The summed E-state index contributed by atoms with van der Waals surface area (Å²) in [5.74, 6) is 1.78. The first kappa shape index (κ1) is 10.3. The Morgan fingerprint density at radius 3 is 2.93 bits per heavy atom. The van der Waals surface area contributed by atoms with Crippen LogP contribution in [0.3, 0.4) is 0 Å². The van der Waals surface area contributed by atoms with E-state index >= 15 is 0 Å². The van der Waals surface area contributed by atoms with E-state index in [1.165, 1.54) is 11.1 Å².